The highest BCUT2D eigenvalue weighted by Gasteiger charge is 2.24. The number of methoxy groups -OCH3 is 2. The van der Waals surface area contributed by atoms with E-state index in [1.165, 1.54) is 5.69 Å². The van der Waals surface area contributed by atoms with Crippen molar-refractivity contribution in [3.05, 3.63) is 41.7 Å². The van der Waals surface area contributed by atoms with Crippen molar-refractivity contribution < 1.29 is 14.6 Å². The molecule has 2 heterocycles. The molecule has 1 aliphatic rings. The number of aromatic nitrogens is 2. The van der Waals surface area contributed by atoms with Crippen LogP contribution in [0.1, 0.15) is 17.7 Å². The lowest BCUT2D eigenvalue weighted by Crippen LogP contribution is -2.36. The van der Waals surface area contributed by atoms with Crippen LogP contribution < -0.4 is 9.47 Å². The number of nitrogens with zero attached hydrogens (tertiary/aromatic N) is 3. The van der Waals surface area contributed by atoms with Gasteiger partial charge in [0.2, 0.25) is 0 Å². The molecule has 1 aromatic carbocycles. The van der Waals surface area contributed by atoms with Crippen molar-refractivity contribution >= 4 is 0 Å². The van der Waals surface area contributed by atoms with Gasteiger partial charge in [0.05, 0.1) is 26.5 Å². The molecule has 2 aromatic rings. The van der Waals surface area contributed by atoms with E-state index in [0.717, 1.165) is 43.1 Å². The molecule has 0 unspecified atom stereocenters. The van der Waals surface area contributed by atoms with E-state index in [-0.39, 0.29) is 12.6 Å². The van der Waals surface area contributed by atoms with Gasteiger partial charge in [0.1, 0.15) is 11.5 Å². The Hall–Kier alpha value is -2.05. The molecule has 124 valence electrons. The lowest BCUT2D eigenvalue weighted by atomic mass is 10.1. The number of aryl methyl sites for hydroxylation is 1. The second-order valence-corrected chi connectivity index (χ2v) is 5.80. The molecule has 23 heavy (non-hydrogen) atoms. The molecule has 0 saturated carbocycles. The van der Waals surface area contributed by atoms with E-state index in [9.17, 15) is 5.11 Å². The van der Waals surface area contributed by atoms with Crippen molar-refractivity contribution in [2.45, 2.75) is 32.1 Å². The SMILES string of the molecule is COc1cc(CN2Cc3ccnn3CC[C@H]2CO)cc(OC)c1. The van der Waals surface area contributed by atoms with Gasteiger partial charge in [0.25, 0.3) is 0 Å². The van der Waals surface area contributed by atoms with Crippen molar-refractivity contribution in [3.8, 4) is 11.5 Å². The van der Waals surface area contributed by atoms with Crippen LogP contribution in [0.15, 0.2) is 30.5 Å². The molecule has 6 nitrogen and oxygen atoms in total. The summed E-state index contributed by atoms with van der Waals surface area (Å²) < 4.78 is 12.7. The topological polar surface area (TPSA) is 59.8 Å². The second kappa shape index (κ2) is 7.02. The summed E-state index contributed by atoms with van der Waals surface area (Å²) in [6.45, 7) is 2.48. The first-order chi connectivity index (χ1) is 11.2. The molecule has 0 bridgehead atoms. The van der Waals surface area contributed by atoms with Gasteiger partial charge in [0.15, 0.2) is 0 Å². The van der Waals surface area contributed by atoms with Gasteiger partial charge in [-0.3, -0.25) is 9.58 Å². The Morgan fingerprint density at radius 3 is 2.61 bits per heavy atom. The zero-order valence-electron chi connectivity index (χ0n) is 13.6. The van der Waals surface area contributed by atoms with Crippen LogP contribution in [0.5, 0.6) is 11.5 Å². The molecule has 1 aromatic heterocycles. The fourth-order valence-corrected chi connectivity index (χ4v) is 3.07. The van der Waals surface area contributed by atoms with E-state index < -0.39 is 0 Å². The van der Waals surface area contributed by atoms with Crippen molar-refractivity contribution in [3.63, 3.8) is 0 Å². The molecule has 0 amide bonds. The van der Waals surface area contributed by atoms with Crippen LogP contribution in [0.3, 0.4) is 0 Å². The molecule has 0 fully saturated rings. The van der Waals surface area contributed by atoms with Crippen molar-refractivity contribution in [1.29, 1.82) is 0 Å². The third kappa shape index (κ3) is 3.48. The van der Waals surface area contributed by atoms with Gasteiger partial charge in [-0.1, -0.05) is 0 Å². The van der Waals surface area contributed by atoms with Crippen molar-refractivity contribution in [2.24, 2.45) is 0 Å². The maximum atomic E-state index is 9.76. The lowest BCUT2D eigenvalue weighted by Gasteiger charge is -2.28. The Balaban J connectivity index is 1.84. The minimum atomic E-state index is 0.119. The standard InChI is InChI=1S/C17H23N3O3/c1-22-16-7-13(8-17(9-16)23-2)10-19-11-14-3-5-18-20(14)6-4-15(19)12-21/h3,5,7-9,15,21H,4,6,10-12H2,1-2H3/t15-/m0/s1. The van der Waals surface area contributed by atoms with E-state index in [0.29, 0.717) is 0 Å². The Labute approximate surface area is 136 Å². The van der Waals surface area contributed by atoms with Crippen LogP contribution in [0.2, 0.25) is 0 Å². The maximum absolute atomic E-state index is 9.76. The zero-order valence-corrected chi connectivity index (χ0v) is 13.6. The number of aliphatic hydroxyl groups is 1. The molecule has 0 spiro atoms. The normalized spacial score (nSPS) is 18.3. The molecule has 1 aliphatic heterocycles. The lowest BCUT2D eigenvalue weighted by molar-refractivity contribution is 0.107. The Morgan fingerprint density at radius 2 is 1.96 bits per heavy atom. The number of aliphatic hydroxyl groups excluding tert-OH is 1. The molecule has 3 rings (SSSR count). The number of rotatable bonds is 5. The molecule has 0 radical (unpaired) electrons. The summed E-state index contributed by atoms with van der Waals surface area (Å²) in [6.07, 6.45) is 2.72. The number of hydrogen-bond acceptors (Lipinski definition) is 5. The van der Waals surface area contributed by atoms with E-state index >= 15 is 0 Å². The summed E-state index contributed by atoms with van der Waals surface area (Å²) in [6, 6.07) is 8.05. The van der Waals surface area contributed by atoms with Gasteiger partial charge >= 0.3 is 0 Å². The molecule has 1 atom stereocenters. The molecule has 0 aliphatic carbocycles. The van der Waals surface area contributed by atoms with Crippen LogP contribution in [-0.4, -0.2) is 46.7 Å². The van der Waals surface area contributed by atoms with Gasteiger partial charge < -0.3 is 14.6 Å². The predicted octanol–water partition coefficient (Wildman–Crippen LogP) is 1.67. The summed E-state index contributed by atoms with van der Waals surface area (Å²) in [4.78, 5) is 2.29. The summed E-state index contributed by atoms with van der Waals surface area (Å²) in [5.41, 5.74) is 2.28. The third-order valence-electron chi connectivity index (χ3n) is 4.37. The quantitative estimate of drug-likeness (QED) is 0.909. The highest BCUT2D eigenvalue weighted by molar-refractivity contribution is 5.38. The Morgan fingerprint density at radius 1 is 1.22 bits per heavy atom. The first-order valence-electron chi connectivity index (χ1n) is 7.81. The minimum absolute atomic E-state index is 0.119. The van der Waals surface area contributed by atoms with Crippen LogP contribution >= 0.6 is 0 Å². The van der Waals surface area contributed by atoms with Crippen LogP contribution in [-0.2, 0) is 19.6 Å². The molecule has 0 saturated heterocycles. The number of fused-ring (bicyclic) bond motifs is 1. The number of hydrogen-bond donors (Lipinski definition) is 1. The fraction of sp³-hybridized carbons (Fsp3) is 0.471. The molecular formula is C17H23N3O3. The summed E-state index contributed by atoms with van der Waals surface area (Å²) in [7, 11) is 3.30. The van der Waals surface area contributed by atoms with Crippen molar-refractivity contribution in [1.82, 2.24) is 14.7 Å². The van der Waals surface area contributed by atoms with Gasteiger partial charge in [-0.25, -0.2) is 0 Å². The molecule has 6 heteroatoms. The van der Waals surface area contributed by atoms with E-state index in [1.807, 2.05) is 35.1 Å². The van der Waals surface area contributed by atoms with Crippen molar-refractivity contribution in [2.75, 3.05) is 20.8 Å². The molecule has 1 N–H and O–H groups in total. The number of benzene rings is 1. The molecular weight excluding hydrogens is 294 g/mol. The Bertz CT molecular complexity index is 634. The summed E-state index contributed by atoms with van der Waals surface area (Å²) in [5, 5.41) is 14.1. The van der Waals surface area contributed by atoms with Gasteiger partial charge in [-0.05, 0) is 30.2 Å². The van der Waals surface area contributed by atoms with E-state index in [4.69, 9.17) is 9.47 Å². The summed E-state index contributed by atoms with van der Waals surface area (Å²) in [5.74, 6) is 1.56. The highest BCUT2D eigenvalue weighted by atomic mass is 16.5. The minimum Gasteiger partial charge on any atom is -0.497 e. The van der Waals surface area contributed by atoms with Gasteiger partial charge in [0, 0.05) is 37.9 Å². The fourth-order valence-electron chi connectivity index (χ4n) is 3.07. The summed E-state index contributed by atoms with van der Waals surface area (Å²) >= 11 is 0. The van der Waals surface area contributed by atoms with Gasteiger partial charge in [-0.2, -0.15) is 5.10 Å². The average Bonchev–Trinajstić information content (AvgIpc) is 2.95. The van der Waals surface area contributed by atoms with Crippen LogP contribution in [0, 0.1) is 0 Å². The second-order valence-electron chi connectivity index (χ2n) is 5.80. The van der Waals surface area contributed by atoms with Crippen LogP contribution in [0.4, 0.5) is 0 Å². The van der Waals surface area contributed by atoms with Gasteiger partial charge in [-0.15, -0.1) is 0 Å². The first-order valence-corrected chi connectivity index (χ1v) is 7.81. The first kappa shape index (κ1) is 15.8. The van der Waals surface area contributed by atoms with E-state index in [2.05, 4.69) is 10.00 Å². The third-order valence-corrected chi connectivity index (χ3v) is 4.37. The predicted molar refractivity (Wildman–Crippen MR) is 86.5 cm³/mol. The van der Waals surface area contributed by atoms with E-state index in [1.54, 1.807) is 14.2 Å². The zero-order chi connectivity index (χ0) is 16.2. The Kier molecular flexibility index (Phi) is 4.83. The van der Waals surface area contributed by atoms with Crippen LogP contribution in [0.25, 0.3) is 0 Å². The maximum Gasteiger partial charge on any atom is 0.122 e. The number of ether oxygens (including phenoxy) is 2. The smallest absolute Gasteiger partial charge is 0.122 e. The average molecular weight is 317 g/mol. The highest BCUT2D eigenvalue weighted by Crippen LogP contribution is 2.26. The monoisotopic (exact) mass is 317 g/mol. The largest absolute Gasteiger partial charge is 0.497 e.